The maximum atomic E-state index is 6.47. The van der Waals surface area contributed by atoms with E-state index in [0.717, 1.165) is 17.1 Å². The highest BCUT2D eigenvalue weighted by molar-refractivity contribution is 7.66. The molecule has 2 aliphatic rings. The van der Waals surface area contributed by atoms with Gasteiger partial charge < -0.3 is 4.42 Å². The van der Waals surface area contributed by atoms with E-state index < -0.39 is 0 Å². The van der Waals surface area contributed by atoms with Crippen LogP contribution in [-0.2, 0) is 0 Å². The van der Waals surface area contributed by atoms with Crippen molar-refractivity contribution in [1.82, 2.24) is 0 Å². The van der Waals surface area contributed by atoms with Gasteiger partial charge in [-0.25, -0.2) is 0 Å². The molecule has 0 radical (unpaired) electrons. The van der Waals surface area contributed by atoms with Crippen LogP contribution in [0.15, 0.2) is 46.9 Å². The topological polar surface area (TPSA) is 13.1 Å². The Hall–Kier alpha value is -1.07. The lowest BCUT2D eigenvalue weighted by Crippen LogP contribution is -2.25. The van der Waals surface area contributed by atoms with E-state index in [0.29, 0.717) is 0 Å². The zero-order valence-electron chi connectivity index (χ0n) is 14.6. The first-order valence-electron chi connectivity index (χ1n) is 9.85. The minimum Gasteiger partial charge on any atom is -0.457 e. The van der Waals surface area contributed by atoms with Crippen molar-refractivity contribution >= 4 is 13.4 Å². The van der Waals surface area contributed by atoms with E-state index in [2.05, 4.69) is 42.5 Å². The minimum atomic E-state index is -0.128. The van der Waals surface area contributed by atoms with Crippen LogP contribution in [0.3, 0.4) is 0 Å². The van der Waals surface area contributed by atoms with Gasteiger partial charge in [0.25, 0.3) is 0 Å². The molecule has 1 heterocycles. The molecule has 1 nitrogen and oxygen atoms in total. The molecule has 2 fully saturated rings. The Labute approximate surface area is 147 Å². The summed E-state index contributed by atoms with van der Waals surface area (Å²) in [6.45, 7) is 0. The van der Waals surface area contributed by atoms with Gasteiger partial charge in [0, 0.05) is 5.56 Å². The van der Waals surface area contributed by atoms with Crippen molar-refractivity contribution in [3.63, 3.8) is 0 Å². The molecule has 0 saturated heterocycles. The molecule has 0 spiro atoms. The second kappa shape index (κ2) is 7.87. The lowest BCUT2D eigenvalue weighted by molar-refractivity contribution is 0.483. The first kappa shape index (κ1) is 16.4. The maximum Gasteiger partial charge on any atom is 0.134 e. The van der Waals surface area contributed by atoms with Crippen LogP contribution in [0, 0.1) is 0 Å². The quantitative estimate of drug-likeness (QED) is 0.563. The van der Waals surface area contributed by atoms with E-state index in [9.17, 15) is 0 Å². The van der Waals surface area contributed by atoms with Crippen LogP contribution in [-0.4, -0.2) is 11.3 Å². The van der Waals surface area contributed by atoms with E-state index >= 15 is 0 Å². The van der Waals surface area contributed by atoms with Gasteiger partial charge >= 0.3 is 0 Å². The van der Waals surface area contributed by atoms with Crippen LogP contribution in [0.25, 0.3) is 11.3 Å². The lowest BCUT2D eigenvalue weighted by atomic mass is 9.99. The summed E-state index contributed by atoms with van der Waals surface area (Å²) in [6.07, 6.45) is 14.4. The fourth-order valence-electron chi connectivity index (χ4n) is 4.60. The molecule has 2 aliphatic carbocycles. The Morgan fingerprint density at radius 1 is 0.667 bits per heavy atom. The van der Waals surface area contributed by atoms with Gasteiger partial charge in [0.15, 0.2) is 0 Å². The predicted octanol–water partition coefficient (Wildman–Crippen LogP) is 6.72. The van der Waals surface area contributed by atoms with Gasteiger partial charge in [0.2, 0.25) is 0 Å². The van der Waals surface area contributed by atoms with Crippen molar-refractivity contribution in [2.24, 2.45) is 0 Å². The van der Waals surface area contributed by atoms with Gasteiger partial charge in [0.05, 0.1) is 0 Å². The second-order valence-corrected chi connectivity index (χ2v) is 10.2. The van der Waals surface area contributed by atoms with Crippen LogP contribution in [0.4, 0.5) is 0 Å². The molecule has 4 rings (SSSR count). The highest BCUT2D eigenvalue weighted by Gasteiger charge is 2.34. The van der Waals surface area contributed by atoms with E-state index in [1.165, 1.54) is 75.3 Å². The highest BCUT2D eigenvalue weighted by atomic mass is 31.1. The van der Waals surface area contributed by atoms with Gasteiger partial charge in [-0.05, 0) is 57.1 Å². The van der Waals surface area contributed by atoms with Crippen molar-refractivity contribution in [2.75, 3.05) is 0 Å². The lowest BCUT2D eigenvalue weighted by Gasteiger charge is -2.37. The standard InChI is InChI=1S/C22H29OP/c1-4-10-18(11-5-1)21-16-17-22(23-21)24(19-12-6-2-7-13-19)20-14-8-3-9-15-20/h1,4-5,10-11,16-17,19-20H,2-3,6-9,12-15H2. The molecule has 128 valence electrons. The molecule has 0 bridgehead atoms. The van der Waals surface area contributed by atoms with Crippen molar-refractivity contribution in [2.45, 2.75) is 75.5 Å². The molecule has 0 aliphatic heterocycles. The fraction of sp³-hybridized carbons (Fsp3) is 0.545. The van der Waals surface area contributed by atoms with Gasteiger partial charge in [-0.1, -0.05) is 68.9 Å². The third kappa shape index (κ3) is 3.62. The number of hydrogen-bond acceptors (Lipinski definition) is 1. The molecule has 24 heavy (non-hydrogen) atoms. The summed E-state index contributed by atoms with van der Waals surface area (Å²) in [5, 5.41) is 0. The van der Waals surface area contributed by atoms with Gasteiger partial charge in [-0.2, -0.15) is 0 Å². The minimum absolute atomic E-state index is 0.128. The smallest absolute Gasteiger partial charge is 0.134 e. The molecule has 2 heteroatoms. The van der Waals surface area contributed by atoms with E-state index in [4.69, 9.17) is 4.42 Å². The average molecular weight is 340 g/mol. The number of hydrogen-bond donors (Lipinski definition) is 0. The van der Waals surface area contributed by atoms with E-state index in [-0.39, 0.29) is 7.92 Å². The first-order chi connectivity index (χ1) is 11.9. The van der Waals surface area contributed by atoms with Crippen LogP contribution < -0.4 is 5.50 Å². The van der Waals surface area contributed by atoms with Crippen molar-refractivity contribution < 1.29 is 4.42 Å². The molecule has 2 aromatic rings. The molecule has 1 aromatic carbocycles. The Morgan fingerprint density at radius 3 is 1.83 bits per heavy atom. The molecule has 0 unspecified atom stereocenters. The summed E-state index contributed by atoms with van der Waals surface area (Å²) >= 11 is 0. The van der Waals surface area contributed by atoms with E-state index in [1.54, 1.807) is 0 Å². The summed E-state index contributed by atoms with van der Waals surface area (Å²) in [5.74, 6) is 1.06. The van der Waals surface area contributed by atoms with Crippen LogP contribution >= 0.6 is 7.92 Å². The van der Waals surface area contributed by atoms with Gasteiger partial charge in [-0.15, -0.1) is 0 Å². The fourth-order valence-corrected chi connectivity index (χ4v) is 8.21. The Kier molecular flexibility index (Phi) is 5.38. The van der Waals surface area contributed by atoms with E-state index in [1.807, 2.05) is 0 Å². The Morgan fingerprint density at radius 2 is 1.25 bits per heavy atom. The third-order valence-corrected chi connectivity index (χ3v) is 9.20. The summed E-state index contributed by atoms with van der Waals surface area (Å²) in [7, 11) is -0.128. The number of rotatable bonds is 4. The van der Waals surface area contributed by atoms with Crippen molar-refractivity contribution in [3.8, 4) is 11.3 Å². The zero-order valence-corrected chi connectivity index (χ0v) is 15.5. The SMILES string of the molecule is c1ccc(-c2ccc(P(C3CCCCC3)C3CCCCC3)o2)cc1. The molecular formula is C22H29OP. The Balaban J connectivity index is 1.61. The zero-order chi connectivity index (χ0) is 16.2. The maximum absolute atomic E-state index is 6.47. The molecular weight excluding hydrogens is 311 g/mol. The number of furan rings is 1. The van der Waals surface area contributed by atoms with Crippen LogP contribution in [0.5, 0.6) is 0 Å². The van der Waals surface area contributed by atoms with Crippen LogP contribution in [0.1, 0.15) is 64.2 Å². The predicted molar refractivity (Wildman–Crippen MR) is 104 cm³/mol. The van der Waals surface area contributed by atoms with Gasteiger partial charge in [-0.3, -0.25) is 0 Å². The van der Waals surface area contributed by atoms with Crippen molar-refractivity contribution in [3.05, 3.63) is 42.5 Å². The summed E-state index contributed by atoms with van der Waals surface area (Å²) < 4.78 is 6.47. The monoisotopic (exact) mass is 340 g/mol. The van der Waals surface area contributed by atoms with Crippen LogP contribution in [0.2, 0.25) is 0 Å². The second-order valence-electron chi connectivity index (χ2n) is 7.49. The summed E-state index contributed by atoms with van der Waals surface area (Å²) in [6, 6.07) is 15.1. The molecule has 0 atom stereocenters. The summed E-state index contributed by atoms with van der Waals surface area (Å²) in [5.41, 5.74) is 4.37. The normalized spacial score (nSPS) is 20.5. The third-order valence-electron chi connectivity index (χ3n) is 5.84. The average Bonchev–Trinajstić information content (AvgIpc) is 3.14. The molecule has 2 saturated carbocycles. The van der Waals surface area contributed by atoms with Gasteiger partial charge in [0.1, 0.15) is 11.3 Å². The summed E-state index contributed by atoms with van der Waals surface area (Å²) in [4.78, 5) is 0. The molecule has 1 aromatic heterocycles. The first-order valence-corrected chi connectivity index (χ1v) is 11.3. The molecule has 0 amide bonds. The largest absolute Gasteiger partial charge is 0.457 e. The highest BCUT2D eigenvalue weighted by Crippen LogP contribution is 2.55. The number of benzene rings is 1. The molecule has 0 N–H and O–H groups in total. The van der Waals surface area contributed by atoms with Crippen molar-refractivity contribution in [1.29, 1.82) is 0 Å². The Bertz CT molecular complexity index is 602.